The third-order valence-corrected chi connectivity index (χ3v) is 6.34. The fourth-order valence-corrected chi connectivity index (χ4v) is 4.58. The summed E-state index contributed by atoms with van der Waals surface area (Å²) in [5.74, 6) is 6.18. The van der Waals surface area contributed by atoms with E-state index in [4.69, 9.17) is 15.1 Å². The van der Waals surface area contributed by atoms with Crippen molar-refractivity contribution < 1.29 is 23.8 Å². The monoisotopic (exact) mass is 500 g/mol. The summed E-state index contributed by atoms with van der Waals surface area (Å²) >= 11 is 2.43. The van der Waals surface area contributed by atoms with Gasteiger partial charge < -0.3 is 20.2 Å². The molecule has 1 aromatic carbocycles. The number of Topliss-reactive ketones (excluding diaryl/α,β-unsaturated/α-hetero) is 1. The Morgan fingerprint density at radius 2 is 1.88 bits per heavy atom. The number of carbonyl (C=O) groups is 1. The first-order valence-corrected chi connectivity index (χ1v) is 11.9. The molecule has 34 heavy (non-hydrogen) atoms. The van der Waals surface area contributed by atoms with Crippen LogP contribution < -0.4 is 20.4 Å². The lowest BCUT2D eigenvalue weighted by Gasteiger charge is -2.04. The highest BCUT2D eigenvalue weighted by Gasteiger charge is 2.28. The van der Waals surface area contributed by atoms with Gasteiger partial charge in [-0.15, -0.1) is 10.2 Å². The average Bonchev–Trinajstić information content (AvgIpc) is 3.37. The number of thioether (sulfide) groups is 2. The summed E-state index contributed by atoms with van der Waals surface area (Å²) < 4.78 is 12.3. The summed E-state index contributed by atoms with van der Waals surface area (Å²) in [6, 6.07) is 8.58. The van der Waals surface area contributed by atoms with Crippen LogP contribution in [0.5, 0.6) is 11.7 Å². The number of carbonyl (C=O) groups excluding carboxylic acids is 1. The molecule has 0 unspecified atom stereocenters. The van der Waals surface area contributed by atoms with E-state index in [9.17, 15) is 9.90 Å². The van der Waals surface area contributed by atoms with Gasteiger partial charge in [-0.2, -0.15) is 0 Å². The van der Waals surface area contributed by atoms with Crippen molar-refractivity contribution in [3.63, 3.8) is 0 Å². The maximum Gasteiger partial charge on any atom is 0.307 e. The quantitative estimate of drug-likeness (QED) is 0.114. The number of aromatic nitrogens is 7. The minimum atomic E-state index is -0.832. The number of ketones is 1. The smallest absolute Gasteiger partial charge is 0.307 e. The fraction of sp³-hybridized carbons (Fsp3) is 0.250. The van der Waals surface area contributed by atoms with Crippen LogP contribution in [0.2, 0.25) is 0 Å². The molecule has 0 aliphatic rings. The predicted octanol–water partition coefficient (Wildman–Crippen LogP) is 1.01. The Balaban J connectivity index is 1.43. The van der Waals surface area contributed by atoms with Crippen molar-refractivity contribution in [2.45, 2.75) is 29.9 Å². The van der Waals surface area contributed by atoms with Crippen LogP contribution >= 0.6 is 23.5 Å². The first-order chi connectivity index (χ1) is 16.4. The molecule has 12 nitrogen and oxygen atoms in total. The molecule has 0 bridgehead atoms. The maximum absolute atomic E-state index is 12.8. The molecule has 176 valence electrons. The van der Waals surface area contributed by atoms with Crippen LogP contribution in [0.4, 0.5) is 0 Å². The second-order valence-corrected chi connectivity index (χ2v) is 8.91. The van der Waals surface area contributed by atoms with Crippen LogP contribution in [0, 0.1) is 13.8 Å². The highest BCUT2D eigenvalue weighted by molar-refractivity contribution is 7.99. The van der Waals surface area contributed by atoms with Crippen molar-refractivity contribution in [2.75, 3.05) is 18.7 Å². The number of methoxy groups -OCH3 is 1. The van der Waals surface area contributed by atoms with Gasteiger partial charge in [-0.05, 0) is 36.7 Å². The summed E-state index contributed by atoms with van der Waals surface area (Å²) in [5.41, 5.74) is 2.02. The maximum atomic E-state index is 12.8. The molecule has 0 amide bonds. The second-order valence-electron chi connectivity index (χ2n) is 7.02. The van der Waals surface area contributed by atoms with Crippen LogP contribution in [0.15, 0.2) is 45.2 Å². The number of hydrogen-bond donors (Lipinski definition) is 1. The van der Waals surface area contributed by atoms with Crippen LogP contribution in [0.3, 0.4) is 0 Å². The summed E-state index contributed by atoms with van der Waals surface area (Å²) in [6.45, 7) is 3.80. The zero-order chi connectivity index (χ0) is 24.2. The van der Waals surface area contributed by atoms with E-state index in [1.807, 2.05) is 19.9 Å². The zero-order valence-electron chi connectivity index (χ0n) is 18.5. The largest absolute Gasteiger partial charge is 0.539 e. The summed E-state index contributed by atoms with van der Waals surface area (Å²) in [4.78, 5) is 21.6. The van der Waals surface area contributed by atoms with Gasteiger partial charge in [0.1, 0.15) is 5.75 Å². The van der Waals surface area contributed by atoms with E-state index in [0.717, 1.165) is 27.8 Å². The Labute approximate surface area is 202 Å². The van der Waals surface area contributed by atoms with E-state index < -0.39 is 11.7 Å². The topological polar surface area (TPSA) is 162 Å². The number of nitrogen functional groups attached to an aromatic ring is 1. The van der Waals surface area contributed by atoms with Crippen molar-refractivity contribution in [3.05, 3.63) is 53.2 Å². The Kier molecular flexibility index (Phi) is 6.98. The van der Waals surface area contributed by atoms with E-state index in [2.05, 4.69) is 25.4 Å². The first-order valence-electron chi connectivity index (χ1n) is 9.89. The lowest BCUT2D eigenvalue weighted by atomic mass is 10.2. The highest BCUT2D eigenvalue weighted by Crippen LogP contribution is 2.23. The molecule has 0 aliphatic carbocycles. The van der Waals surface area contributed by atoms with Gasteiger partial charge in [0, 0.05) is 23.5 Å². The van der Waals surface area contributed by atoms with Gasteiger partial charge in [-0.3, -0.25) is 4.79 Å². The molecule has 0 radical (unpaired) electrons. The van der Waals surface area contributed by atoms with Gasteiger partial charge in [0.25, 0.3) is 0 Å². The molecule has 3 aromatic heterocycles. The Morgan fingerprint density at radius 1 is 1.18 bits per heavy atom. The van der Waals surface area contributed by atoms with Gasteiger partial charge in [0.05, 0.1) is 23.9 Å². The Bertz CT molecular complexity index is 1300. The van der Waals surface area contributed by atoms with Gasteiger partial charge in [-0.1, -0.05) is 23.5 Å². The van der Waals surface area contributed by atoms with Crippen molar-refractivity contribution in [1.29, 1.82) is 0 Å². The van der Waals surface area contributed by atoms with E-state index in [0.29, 0.717) is 33.3 Å². The van der Waals surface area contributed by atoms with Crippen LogP contribution in [0.25, 0.3) is 5.69 Å². The van der Waals surface area contributed by atoms with Crippen molar-refractivity contribution in [3.8, 4) is 17.4 Å². The van der Waals surface area contributed by atoms with Gasteiger partial charge in [0.2, 0.25) is 16.6 Å². The molecule has 0 atom stereocenters. The van der Waals surface area contributed by atoms with Crippen LogP contribution in [0.1, 0.15) is 27.7 Å². The Hall–Kier alpha value is -3.65. The Morgan fingerprint density at radius 3 is 2.56 bits per heavy atom. The molecule has 2 N–H and O–H groups in total. The van der Waals surface area contributed by atoms with E-state index in [1.165, 1.54) is 23.5 Å². The molecular weight excluding hydrogens is 480 g/mol. The van der Waals surface area contributed by atoms with E-state index in [1.54, 1.807) is 24.3 Å². The summed E-state index contributed by atoms with van der Waals surface area (Å²) in [7, 11) is 1.54. The highest BCUT2D eigenvalue weighted by atomic mass is 32.2. The van der Waals surface area contributed by atoms with Gasteiger partial charge in [0.15, 0.2) is 16.9 Å². The molecule has 4 aromatic rings. The summed E-state index contributed by atoms with van der Waals surface area (Å²) in [6.07, 6.45) is 0. The molecule has 0 saturated carbocycles. The zero-order valence-corrected chi connectivity index (χ0v) is 20.1. The van der Waals surface area contributed by atoms with Crippen molar-refractivity contribution in [1.82, 2.24) is 30.1 Å². The SMILES string of the molecule is COc1ccc(-[n+]2noc([O-])c2C(=O)CSc2nnc(CSc3nc(C)cc(C)n3)n2N)cc1. The van der Waals surface area contributed by atoms with E-state index in [-0.39, 0.29) is 11.4 Å². The minimum absolute atomic E-state index is 0.116. The molecule has 4 rings (SSSR count). The normalized spacial score (nSPS) is 11.0. The molecule has 0 spiro atoms. The van der Waals surface area contributed by atoms with Crippen LogP contribution in [-0.4, -0.2) is 48.8 Å². The van der Waals surface area contributed by atoms with Gasteiger partial charge in [-0.25, -0.2) is 14.6 Å². The number of rotatable bonds is 9. The lowest BCUT2D eigenvalue weighted by Crippen LogP contribution is -2.39. The fourth-order valence-electron chi connectivity index (χ4n) is 2.97. The second kappa shape index (κ2) is 10.1. The molecule has 14 heteroatoms. The third-order valence-electron chi connectivity index (χ3n) is 4.55. The third kappa shape index (κ3) is 5.12. The van der Waals surface area contributed by atoms with Crippen LogP contribution in [-0.2, 0) is 5.75 Å². The number of aryl methyl sites for hydroxylation is 2. The lowest BCUT2D eigenvalue weighted by molar-refractivity contribution is -0.672. The van der Waals surface area contributed by atoms with Gasteiger partial charge >= 0.3 is 5.69 Å². The molecule has 0 aliphatic heterocycles. The molecule has 0 saturated heterocycles. The number of ether oxygens (including phenoxy) is 1. The summed E-state index contributed by atoms with van der Waals surface area (Å²) in [5, 5.41) is 24.9. The number of nitrogens with two attached hydrogens (primary N) is 1. The number of hydrogen-bond acceptors (Lipinski definition) is 12. The molecular formula is C20H20N8O4S2. The standard InChI is InChI=1S/C20H20N8O4S2/c1-11-8-12(2)23-19(22-11)33-10-16-24-25-20(27(16)21)34-9-15(29)17-18(30)32-26-28(17)13-4-6-14(31-3)7-5-13/h4-8H,9-10,21H2,1-3H3. The predicted molar refractivity (Wildman–Crippen MR) is 120 cm³/mol. The first kappa shape index (κ1) is 23.5. The molecule has 0 fully saturated rings. The van der Waals surface area contributed by atoms with E-state index >= 15 is 0 Å². The number of benzene rings is 1. The van der Waals surface area contributed by atoms with Crippen molar-refractivity contribution in [2.24, 2.45) is 0 Å². The minimum Gasteiger partial charge on any atom is -0.539 e. The average molecular weight is 501 g/mol. The molecule has 3 heterocycles. The van der Waals surface area contributed by atoms with Crippen molar-refractivity contribution >= 4 is 29.3 Å². The number of nitrogens with zero attached hydrogens (tertiary/aromatic N) is 7.